The van der Waals surface area contributed by atoms with E-state index in [9.17, 15) is 14.9 Å². The third-order valence-corrected chi connectivity index (χ3v) is 6.79. The van der Waals surface area contributed by atoms with E-state index in [2.05, 4.69) is 38.1 Å². The minimum absolute atomic E-state index is 0.124. The van der Waals surface area contributed by atoms with Gasteiger partial charge in [-0.1, -0.05) is 26.7 Å². The third kappa shape index (κ3) is 4.89. The van der Waals surface area contributed by atoms with Crippen LogP contribution >= 0.6 is 0 Å². The van der Waals surface area contributed by atoms with Gasteiger partial charge in [-0.3, -0.25) is 4.79 Å². The monoisotopic (exact) mass is 412 g/mol. The lowest BCUT2D eigenvalue weighted by Gasteiger charge is -2.54. The van der Waals surface area contributed by atoms with Crippen molar-refractivity contribution >= 4 is 11.9 Å². The highest BCUT2D eigenvalue weighted by atomic mass is 16.6. The number of hydrogen-bond donors (Lipinski definition) is 1. The molecule has 0 heterocycles. The van der Waals surface area contributed by atoms with Gasteiger partial charge < -0.3 is 10.1 Å². The fourth-order valence-corrected chi connectivity index (χ4v) is 5.48. The van der Waals surface area contributed by atoms with Crippen LogP contribution in [-0.2, 0) is 9.53 Å². The Hall–Kier alpha value is -2.27. The number of terminal acetylenes is 1. The molecule has 4 atom stereocenters. The number of ketones is 1. The molecule has 0 bridgehead atoms. The van der Waals surface area contributed by atoms with E-state index in [1.54, 1.807) is 6.08 Å². The predicted octanol–water partition coefficient (Wildman–Crippen LogP) is 5.02. The quantitative estimate of drug-likeness (QED) is 0.508. The number of nitrogens with zero attached hydrogens (tertiary/aromatic N) is 1. The molecule has 164 valence electrons. The number of nitriles is 1. The highest BCUT2D eigenvalue weighted by Crippen LogP contribution is 2.61. The van der Waals surface area contributed by atoms with Crippen molar-refractivity contribution < 1.29 is 14.3 Å². The molecular weight excluding hydrogens is 376 g/mol. The molecule has 2 aliphatic carbocycles. The average molecular weight is 413 g/mol. The summed E-state index contributed by atoms with van der Waals surface area (Å²) in [5.74, 6) is 3.04. The summed E-state index contributed by atoms with van der Waals surface area (Å²) in [5.41, 5.74) is -0.271. The molecule has 0 aromatic heterocycles. The molecule has 0 aromatic rings. The molecule has 0 radical (unpaired) electrons. The summed E-state index contributed by atoms with van der Waals surface area (Å²) in [5, 5.41) is 12.2. The molecule has 30 heavy (non-hydrogen) atoms. The van der Waals surface area contributed by atoms with Crippen molar-refractivity contribution in [3.05, 3.63) is 11.6 Å². The van der Waals surface area contributed by atoms with Crippen molar-refractivity contribution in [3.8, 4) is 18.4 Å². The Morgan fingerprint density at radius 1 is 1.43 bits per heavy atom. The highest BCUT2D eigenvalue weighted by Gasteiger charge is 2.54. The van der Waals surface area contributed by atoms with Gasteiger partial charge in [0, 0.05) is 6.54 Å². The Labute approximate surface area is 181 Å². The van der Waals surface area contributed by atoms with Crippen molar-refractivity contribution in [2.45, 2.75) is 79.2 Å². The number of ether oxygens (including phenoxy) is 1. The number of allylic oxidation sites excluding steroid dienone is 2. The van der Waals surface area contributed by atoms with E-state index in [1.807, 2.05) is 20.8 Å². The maximum Gasteiger partial charge on any atom is 0.407 e. The van der Waals surface area contributed by atoms with Gasteiger partial charge >= 0.3 is 6.09 Å². The zero-order valence-corrected chi connectivity index (χ0v) is 19.3. The molecule has 1 unspecified atom stereocenters. The van der Waals surface area contributed by atoms with E-state index < -0.39 is 23.0 Å². The van der Waals surface area contributed by atoms with E-state index in [0.717, 1.165) is 31.3 Å². The van der Waals surface area contributed by atoms with Crippen LogP contribution in [0.5, 0.6) is 0 Å². The Bertz CT molecular complexity index is 793. The summed E-state index contributed by atoms with van der Waals surface area (Å²) < 4.78 is 5.31. The normalized spacial score (nSPS) is 31.2. The summed E-state index contributed by atoms with van der Waals surface area (Å²) in [6.45, 7) is 12.7. The predicted molar refractivity (Wildman–Crippen MR) is 117 cm³/mol. The molecule has 0 spiro atoms. The number of alkyl carbamates (subject to hydrolysis) is 1. The molecule has 0 aliphatic heterocycles. The number of carbonyl (C=O) groups excluding carboxylic acids is 2. The summed E-state index contributed by atoms with van der Waals surface area (Å²) in [6, 6.07) is 2.14. The number of amides is 1. The molecule has 1 fully saturated rings. The number of nitrogens with one attached hydrogen (secondary N) is 1. The molecule has 1 N–H and O–H groups in total. The first-order valence-corrected chi connectivity index (χ1v) is 11.0. The summed E-state index contributed by atoms with van der Waals surface area (Å²) in [7, 11) is 0. The minimum Gasteiger partial charge on any atom is -0.444 e. The number of rotatable bonds is 5. The second kappa shape index (κ2) is 8.84. The lowest BCUT2D eigenvalue weighted by molar-refractivity contribution is -0.118. The van der Waals surface area contributed by atoms with Crippen LogP contribution in [0.1, 0.15) is 73.6 Å². The van der Waals surface area contributed by atoms with Gasteiger partial charge in [0.1, 0.15) is 11.5 Å². The lowest BCUT2D eigenvalue weighted by atomic mass is 9.48. The van der Waals surface area contributed by atoms with Crippen LogP contribution < -0.4 is 5.32 Å². The zero-order chi connectivity index (χ0) is 22.7. The first-order valence-electron chi connectivity index (χ1n) is 11.0. The molecule has 5 heteroatoms. The number of carbonyl (C=O) groups is 2. The lowest BCUT2D eigenvalue weighted by Crippen LogP contribution is -2.48. The van der Waals surface area contributed by atoms with Crippen LogP contribution in [0, 0.1) is 52.3 Å². The molecule has 0 aromatic carbocycles. The van der Waals surface area contributed by atoms with Gasteiger partial charge in [-0.25, -0.2) is 4.79 Å². The van der Waals surface area contributed by atoms with Crippen molar-refractivity contribution in [2.24, 2.45) is 28.6 Å². The van der Waals surface area contributed by atoms with Gasteiger partial charge in [-0.2, -0.15) is 5.26 Å². The SMILES string of the molecule is C#C[C@@]12CC[C@@H](C(C)C)[C@](C)(CCCNC(=O)OC(C)(C)C)C1=CC(=O)C(C#N)C2. The molecule has 2 rings (SSSR count). The summed E-state index contributed by atoms with van der Waals surface area (Å²) in [6.07, 6.45) is 11.1. The molecule has 1 saturated carbocycles. The van der Waals surface area contributed by atoms with Gasteiger partial charge in [-0.15, -0.1) is 6.42 Å². The van der Waals surface area contributed by atoms with Crippen LogP contribution in [0.25, 0.3) is 0 Å². The standard InChI is InChI=1S/C25H36N2O3/c1-8-25-12-10-19(17(2)3)24(7,21(25)14-20(28)18(15-25)16-26)11-9-13-27-22(29)30-23(4,5)6/h1,14,17-19H,9-13,15H2,2-7H3,(H,27,29)/t18?,19-,24-,25-/m0/s1. The first kappa shape index (κ1) is 24.0. The van der Waals surface area contributed by atoms with Crippen LogP contribution in [0.3, 0.4) is 0 Å². The number of fused-ring (bicyclic) bond motifs is 1. The van der Waals surface area contributed by atoms with Crippen molar-refractivity contribution in [1.82, 2.24) is 5.32 Å². The smallest absolute Gasteiger partial charge is 0.407 e. The van der Waals surface area contributed by atoms with Gasteiger partial charge in [0.05, 0.1) is 11.5 Å². The molecule has 5 nitrogen and oxygen atoms in total. The summed E-state index contributed by atoms with van der Waals surface area (Å²) in [4.78, 5) is 24.6. The van der Waals surface area contributed by atoms with Crippen molar-refractivity contribution in [3.63, 3.8) is 0 Å². The molecule has 2 aliphatic rings. The molecule has 0 saturated heterocycles. The van der Waals surface area contributed by atoms with Crippen LogP contribution in [-0.4, -0.2) is 24.0 Å². The van der Waals surface area contributed by atoms with E-state index in [1.165, 1.54) is 0 Å². The highest BCUT2D eigenvalue weighted by molar-refractivity contribution is 5.96. The van der Waals surface area contributed by atoms with Crippen LogP contribution in [0.2, 0.25) is 0 Å². The Balaban J connectivity index is 2.24. The fourth-order valence-electron chi connectivity index (χ4n) is 5.48. The van der Waals surface area contributed by atoms with E-state index in [0.29, 0.717) is 24.8 Å². The molecule has 1 amide bonds. The van der Waals surface area contributed by atoms with Gasteiger partial charge in [-0.05, 0) is 81.8 Å². The Morgan fingerprint density at radius 3 is 2.63 bits per heavy atom. The maximum absolute atomic E-state index is 12.6. The first-order chi connectivity index (χ1) is 13.9. The fraction of sp³-hybridized carbons (Fsp3) is 0.720. The average Bonchev–Trinajstić information content (AvgIpc) is 2.64. The zero-order valence-electron chi connectivity index (χ0n) is 19.3. The number of hydrogen-bond acceptors (Lipinski definition) is 4. The summed E-state index contributed by atoms with van der Waals surface area (Å²) >= 11 is 0. The van der Waals surface area contributed by atoms with Crippen LogP contribution in [0.4, 0.5) is 4.79 Å². The topological polar surface area (TPSA) is 79.2 Å². The van der Waals surface area contributed by atoms with E-state index in [4.69, 9.17) is 11.2 Å². The van der Waals surface area contributed by atoms with E-state index >= 15 is 0 Å². The maximum atomic E-state index is 12.6. The minimum atomic E-state index is -0.654. The second-order valence-electron chi connectivity index (χ2n) is 10.4. The van der Waals surface area contributed by atoms with Crippen molar-refractivity contribution in [2.75, 3.05) is 6.54 Å². The van der Waals surface area contributed by atoms with Gasteiger partial charge in [0.2, 0.25) is 0 Å². The Morgan fingerprint density at radius 2 is 2.10 bits per heavy atom. The Kier molecular flexibility index (Phi) is 7.08. The van der Waals surface area contributed by atoms with Crippen molar-refractivity contribution in [1.29, 1.82) is 5.26 Å². The second-order valence-corrected chi connectivity index (χ2v) is 10.4. The van der Waals surface area contributed by atoms with Gasteiger partial charge in [0.25, 0.3) is 0 Å². The van der Waals surface area contributed by atoms with E-state index in [-0.39, 0.29) is 11.2 Å². The van der Waals surface area contributed by atoms with Crippen LogP contribution in [0.15, 0.2) is 11.6 Å². The van der Waals surface area contributed by atoms with Gasteiger partial charge in [0.15, 0.2) is 5.78 Å². The molecular formula is C25H36N2O3. The largest absolute Gasteiger partial charge is 0.444 e. The third-order valence-electron chi connectivity index (χ3n) is 6.79.